The fourth-order valence-electron chi connectivity index (χ4n) is 1.02. The first-order chi connectivity index (χ1) is 5.99. The minimum atomic E-state index is -0.416. The molecule has 0 aliphatic carbocycles. The van der Waals surface area contributed by atoms with E-state index in [1.165, 1.54) is 13.2 Å². The van der Waals surface area contributed by atoms with Crippen molar-refractivity contribution in [1.29, 1.82) is 0 Å². The number of carbonyl (C=O) groups excluding carboxylic acids is 1. The van der Waals surface area contributed by atoms with Gasteiger partial charge in [-0.05, 0) is 5.92 Å². The van der Waals surface area contributed by atoms with Crippen molar-refractivity contribution >= 4 is 5.97 Å². The zero-order valence-electron chi connectivity index (χ0n) is 8.65. The highest BCUT2D eigenvalue weighted by Crippen LogP contribution is 2.13. The Labute approximate surface area is 79.4 Å². The monoisotopic (exact) mass is 186 g/mol. The Morgan fingerprint density at radius 2 is 1.92 bits per heavy atom. The van der Waals surface area contributed by atoms with Gasteiger partial charge in [0, 0.05) is 12.0 Å². The van der Waals surface area contributed by atoms with Crippen LogP contribution in [0.15, 0.2) is 12.2 Å². The van der Waals surface area contributed by atoms with Gasteiger partial charge in [0.05, 0.1) is 13.2 Å². The van der Waals surface area contributed by atoms with Crippen LogP contribution in [0.25, 0.3) is 0 Å². The molecule has 0 aliphatic rings. The molecule has 0 aliphatic heterocycles. The predicted molar refractivity (Wildman–Crippen MR) is 51.2 cm³/mol. The highest BCUT2D eigenvalue weighted by atomic mass is 16.5. The molecule has 76 valence electrons. The van der Waals surface area contributed by atoms with Crippen molar-refractivity contribution in [3.05, 3.63) is 12.2 Å². The molecule has 0 bridgehead atoms. The predicted octanol–water partition coefficient (Wildman–Crippen LogP) is 1.37. The molecule has 1 N–H and O–H groups in total. The van der Waals surface area contributed by atoms with Crippen LogP contribution in [-0.4, -0.2) is 24.3 Å². The molecule has 0 fully saturated rings. The number of methoxy groups -OCH3 is 1. The first-order valence-electron chi connectivity index (χ1n) is 4.43. The molecule has 3 nitrogen and oxygen atoms in total. The molecule has 0 rings (SSSR count). The van der Waals surface area contributed by atoms with Crippen molar-refractivity contribution in [3.63, 3.8) is 0 Å². The highest BCUT2D eigenvalue weighted by Gasteiger charge is 2.15. The Kier molecular flexibility index (Phi) is 5.39. The lowest BCUT2D eigenvalue weighted by Gasteiger charge is -2.18. The van der Waals surface area contributed by atoms with Crippen molar-refractivity contribution in [2.24, 2.45) is 11.8 Å². The number of aliphatic hydroxyl groups is 1. The van der Waals surface area contributed by atoms with Gasteiger partial charge in [-0.3, -0.25) is 0 Å². The van der Waals surface area contributed by atoms with Crippen LogP contribution in [0.2, 0.25) is 0 Å². The van der Waals surface area contributed by atoms with Crippen molar-refractivity contribution < 1.29 is 14.6 Å². The Balaban J connectivity index is 4.06. The standard InChI is InChI=1S/C10H18O3/c1-7(2)10(12)8(3)5-6-9(11)13-4/h5-8,10,12H,1-4H3/b6-5+/t8-,10+/m1/s1. The van der Waals surface area contributed by atoms with Gasteiger partial charge in [-0.1, -0.05) is 26.8 Å². The summed E-state index contributed by atoms with van der Waals surface area (Å²) in [6.07, 6.45) is 2.59. The molecular formula is C10H18O3. The van der Waals surface area contributed by atoms with Crippen molar-refractivity contribution in [1.82, 2.24) is 0 Å². The Morgan fingerprint density at radius 3 is 2.31 bits per heavy atom. The summed E-state index contributed by atoms with van der Waals surface area (Å²) in [6, 6.07) is 0. The average Bonchev–Trinajstić information content (AvgIpc) is 2.11. The lowest BCUT2D eigenvalue weighted by Crippen LogP contribution is -2.22. The Morgan fingerprint density at radius 1 is 1.38 bits per heavy atom. The van der Waals surface area contributed by atoms with E-state index in [4.69, 9.17) is 0 Å². The molecule has 0 aromatic rings. The molecule has 0 saturated carbocycles. The smallest absolute Gasteiger partial charge is 0.330 e. The molecule has 0 aromatic carbocycles. The van der Waals surface area contributed by atoms with Crippen molar-refractivity contribution in [2.75, 3.05) is 7.11 Å². The maximum absolute atomic E-state index is 10.7. The van der Waals surface area contributed by atoms with Crippen LogP contribution >= 0.6 is 0 Å². The molecule has 13 heavy (non-hydrogen) atoms. The number of aliphatic hydroxyl groups excluding tert-OH is 1. The van der Waals surface area contributed by atoms with E-state index in [0.29, 0.717) is 0 Å². The summed E-state index contributed by atoms with van der Waals surface area (Å²) in [4.78, 5) is 10.7. The van der Waals surface area contributed by atoms with E-state index in [0.717, 1.165) is 0 Å². The third-order valence-corrected chi connectivity index (χ3v) is 1.96. The van der Waals surface area contributed by atoms with E-state index in [-0.39, 0.29) is 17.8 Å². The molecule has 0 unspecified atom stereocenters. The second kappa shape index (κ2) is 5.75. The fourth-order valence-corrected chi connectivity index (χ4v) is 1.02. The summed E-state index contributed by atoms with van der Waals surface area (Å²) in [6.45, 7) is 5.74. The second-order valence-electron chi connectivity index (χ2n) is 3.48. The minimum absolute atomic E-state index is 0.0286. The summed E-state index contributed by atoms with van der Waals surface area (Å²) >= 11 is 0. The normalized spacial score (nSPS) is 16.2. The van der Waals surface area contributed by atoms with Gasteiger partial charge in [-0.2, -0.15) is 0 Å². The number of ether oxygens (including phenoxy) is 1. The van der Waals surface area contributed by atoms with Gasteiger partial charge in [0.1, 0.15) is 0 Å². The number of esters is 1. The third-order valence-electron chi connectivity index (χ3n) is 1.96. The maximum Gasteiger partial charge on any atom is 0.330 e. The first kappa shape index (κ1) is 12.2. The molecule has 2 atom stereocenters. The summed E-state index contributed by atoms with van der Waals surface area (Å²) in [5.41, 5.74) is 0. The lowest BCUT2D eigenvalue weighted by molar-refractivity contribution is -0.134. The summed E-state index contributed by atoms with van der Waals surface area (Å²) < 4.78 is 4.43. The molecular weight excluding hydrogens is 168 g/mol. The molecule has 0 radical (unpaired) electrons. The van der Waals surface area contributed by atoms with E-state index < -0.39 is 6.10 Å². The van der Waals surface area contributed by atoms with Gasteiger partial charge in [0.25, 0.3) is 0 Å². The highest BCUT2D eigenvalue weighted by molar-refractivity contribution is 5.81. The summed E-state index contributed by atoms with van der Waals surface area (Å²) in [7, 11) is 1.33. The zero-order valence-corrected chi connectivity index (χ0v) is 8.65. The SMILES string of the molecule is COC(=O)/C=C/[C@@H](C)[C@@H](O)C(C)C. The molecule has 0 amide bonds. The van der Waals surface area contributed by atoms with Crippen molar-refractivity contribution in [3.8, 4) is 0 Å². The van der Waals surface area contributed by atoms with Crippen LogP contribution < -0.4 is 0 Å². The van der Waals surface area contributed by atoms with E-state index in [2.05, 4.69) is 4.74 Å². The fraction of sp³-hybridized carbons (Fsp3) is 0.700. The summed E-state index contributed by atoms with van der Waals surface area (Å²) in [5.74, 6) is -0.223. The average molecular weight is 186 g/mol. The van der Waals surface area contributed by atoms with Crippen LogP contribution in [0.5, 0.6) is 0 Å². The minimum Gasteiger partial charge on any atom is -0.466 e. The van der Waals surface area contributed by atoms with Gasteiger partial charge < -0.3 is 9.84 Å². The van der Waals surface area contributed by atoms with Gasteiger partial charge >= 0.3 is 5.97 Å². The maximum atomic E-state index is 10.7. The van der Waals surface area contributed by atoms with Gasteiger partial charge in [-0.15, -0.1) is 0 Å². The molecule has 0 heterocycles. The third kappa shape index (κ3) is 4.68. The largest absolute Gasteiger partial charge is 0.466 e. The quantitative estimate of drug-likeness (QED) is 0.533. The van der Waals surface area contributed by atoms with E-state index in [9.17, 15) is 9.90 Å². The van der Waals surface area contributed by atoms with Crippen LogP contribution in [0, 0.1) is 11.8 Å². The molecule has 0 saturated heterocycles. The molecule has 3 heteroatoms. The van der Waals surface area contributed by atoms with Crippen molar-refractivity contribution in [2.45, 2.75) is 26.9 Å². The Hall–Kier alpha value is -0.830. The number of hydrogen-bond donors (Lipinski definition) is 1. The van der Waals surface area contributed by atoms with Crippen LogP contribution in [-0.2, 0) is 9.53 Å². The van der Waals surface area contributed by atoms with E-state index in [1.54, 1.807) is 6.08 Å². The Bertz CT molecular complexity index is 185. The van der Waals surface area contributed by atoms with E-state index in [1.807, 2.05) is 20.8 Å². The van der Waals surface area contributed by atoms with Crippen LogP contribution in [0.3, 0.4) is 0 Å². The molecule has 0 spiro atoms. The van der Waals surface area contributed by atoms with E-state index >= 15 is 0 Å². The lowest BCUT2D eigenvalue weighted by atomic mass is 9.95. The first-order valence-corrected chi connectivity index (χ1v) is 4.43. The number of rotatable bonds is 4. The molecule has 0 aromatic heterocycles. The van der Waals surface area contributed by atoms with Gasteiger partial charge in [-0.25, -0.2) is 4.79 Å². The van der Waals surface area contributed by atoms with Gasteiger partial charge in [0.2, 0.25) is 0 Å². The number of carbonyl (C=O) groups is 1. The zero-order chi connectivity index (χ0) is 10.4. The van der Waals surface area contributed by atoms with Crippen LogP contribution in [0.1, 0.15) is 20.8 Å². The van der Waals surface area contributed by atoms with Crippen LogP contribution in [0.4, 0.5) is 0 Å². The second-order valence-corrected chi connectivity index (χ2v) is 3.48. The topological polar surface area (TPSA) is 46.5 Å². The number of hydrogen-bond acceptors (Lipinski definition) is 3. The van der Waals surface area contributed by atoms with Gasteiger partial charge in [0.15, 0.2) is 0 Å². The summed E-state index contributed by atoms with van der Waals surface area (Å²) in [5, 5.41) is 9.58.